The van der Waals surface area contributed by atoms with Gasteiger partial charge in [0.2, 0.25) is 0 Å². The molecule has 2 heteroatoms. The van der Waals surface area contributed by atoms with Crippen molar-refractivity contribution in [3.05, 3.63) is 12.2 Å². The first-order chi connectivity index (χ1) is 6.45. The first kappa shape index (κ1) is 9.22. The van der Waals surface area contributed by atoms with Gasteiger partial charge in [-0.1, -0.05) is 18.6 Å². The summed E-state index contributed by atoms with van der Waals surface area (Å²) in [5.74, 6) is 0. The molecule has 1 unspecified atom stereocenters. The minimum Gasteiger partial charge on any atom is -0.314 e. The molecule has 1 N–H and O–H groups in total. The SMILES string of the molecule is C1=CCN(CCC2CCCCN2)C1. The van der Waals surface area contributed by atoms with Crippen LogP contribution in [0.5, 0.6) is 0 Å². The molecule has 2 aliphatic heterocycles. The Hall–Kier alpha value is -0.340. The summed E-state index contributed by atoms with van der Waals surface area (Å²) < 4.78 is 0. The highest BCUT2D eigenvalue weighted by Crippen LogP contribution is 2.11. The number of rotatable bonds is 3. The van der Waals surface area contributed by atoms with Gasteiger partial charge in [0.05, 0.1) is 0 Å². The fourth-order valence-corrected chi connectivity index (χ4v) is 2.21. The van der Waals surface area contributed by atoms with E-state index in [2.05, 4.69) is 22.4 Å². The van der Waals surface area contributed by atoms with Crippen LogP contribution < -0.4 is 5.32 Å². The summed E-state index contributed by atoms with van der Waals surface area (Å²) in [7, 11) is 0. The van der Waals surface area contributed by atoms with Crippen molar-refractivity contribution in [1.29, 1.82) is 0 Å². The monoisotopic (exact) mass is 180 g/mol. The Bertz CT molecular complexity index is 163. The van der Waals surface area contributed by atoms with E-state index < -0.39 is 0 Å². The van der Waals surface area contributed by atoms with Crippen molar-refractivity contribution in [2.45, 2.75) is 31.7 Å². The van der Waals surface area contributed by atoms with E-state index in [1.165, 1.54) is 51.9 Å². The molecular formula is C11H20N2. The minimum atomic E-state index is 0.800. The molecule has 2 heterocycles. The average molecular weight is 180 g/mol. The van der Waals surface area contributed by atoms with Crippen LogP contribution in [0.4, 0.5) is 0 Å². The van der Waals surface area contributed by atoms with Gasteiger partial charge in [0.25, 0.3) is 0 Å². The standard InChI is InChI=1S/C11H20N2/c1-2-7-12-11(5-1)6-10-13-8-3-4-9-13/h3-4,11-12H,1-2,5-10H2. The van der Waals surface area contributed by atoms with Crippen LogP contribution in [0.2, 0.25) is 0 Å². The Kier molecular flexibility index (Phi) is 3.39. The van der Waals surface area contributed by atoms with E-state index in [0.717, 1.165) is 6.04 Å². The first-order valence-electron chi connectivity index (χ1n) is 5.56. The maximum Gasteiger partial charge on any atom is 0.0166 e. The molecule has 0 radical (unpaired) electrons. The highest BCUT2D eigenvalue weighted by atomic mass is 15.1. The molecule has 1 saturated heterocycles. The largest absolute Gasteiger partial charge is 0.314 e. The van der Waals surface area contributed by atoms with Gasteiger partial charge in [-0.3, -0.25) is 4.90 Å². The molecule has 13 heavy (non-hydrogen) atoms. The lowest BCUT2D eigenvalue weighted by Gasteiger charge is -2.25. The van der Waals surface area contributed by atoms with Crippen LogP contribution in [0.1, 0.15) is 25.7 Å². The van der Waals surface area contributed by atoms with Crippen LogP contribution in [-0.2, 0) is 0 Å². The van der Waals surface area contributed by atoms with Crippen molar-refractivity contribution in [1.82, 2.24) is 10.2 Å². The van der Waals surface area contributed by atoms with E-state index in [0.29, 0.717) is 0 Å². The molecule has 2 aliphatic rings. The molecule has 0 aliphatic carbocycles. The summed E-state index contributed by atoms with van der Waals surface area (Å²) in [5.41, 5.74) is 0. The maximum atomic E-state index is 3.60. The van der Waals surface area contributed by atoms with Crippen molar-refractivity contribution in [3.8, 4) is 0 Å². The van der Waals surface area contributed by atoms with Crippen LogP contribution in [0.3, 0.4) is 0 Å². The molecule has 0 aromatic carbocycles. The molecule has 0 spiro atoms. The molecular weight excluding hydrogens is 160 g/mol. The zero-order valence-electron chi connectivity index (χ0n) is 8.34. The van der Waals surface area contributed by atoms with E-state index in [1.54, 1.807) is 0 Å². The predicted molar refractivity (Wildman–Crippen MR) is 55.8 cm³/mol. The van der Waals surface area contributed by atoms with Crippen LogP contribution in [0, 0.1) is 0 Å². The van der Waals surface area contributed by atoms with E-state index in [4.69, 9.17) is 0 Å². The molecule has 2 rings (SSSR count). The van der Waals surface area contributed by atoms with Crippen LogP contribution in [0.25, 0.3) is 0 Å². The lowest BCUT2D eigenvalue weighted by Crippen LogP contribution is -2.37. The topological polar surface area (TPSA) is 15.3 Å². The Morgan fingerprint density at radius 3 is 2.77 bits per heavy atom. The highest BCUT2D eigenvalue weighted by Gasteiger charge is 2.14. The summed E-state index contributed by atoms with van der Waals surface area (Å²) >= 11 is 0. The molecule has 74 valence electrons. The third kappa shape index (κ3) is 2.82. The number of piperidine rings is 1. The Balaban J connectivity index is 1.61. The Morgan fingerprint density at radius 1 is 1.23 bits per heavy atom. The second kappa shape index (κ2) is 4.77. The van der Waals surface area contributed by atoms with Gasteiger partial charge in [0.15, 0.2) is 0 Å². The van der Waals surface area contributed by atoms with Crippen molar-refractivity contribution in [2.75, 3.05) is 26.2 Å². The summed E-state index contributed by atoms with van der Waals surface area (Å²) in [6, 6.07) is 0.800. The van der Waals surface area contributed by atoms with Crippen molar-refractivity contribution in [3.63, 3.8) is 0 Å². The number of nitrogens with zero attached hydrogens (tertiary/aromatic N) is 1. The third-order valence-electron chi connectivity index (χ3n) is 3.10. The zero-order chi connectivity index (χ0) is 8.93. The molecule has 2 nitrogen and oxygen atoms in total. The summed E-state index contributed by atoms with van der Waals surface area (Å²) in [6.45, 7) is 4.85. The van der Waals surface area contributed by atoms with Crippen molar-refractivity contribution < 1.29 is 0 Å². The van der Waals surface area contributed by atoms with Gasteiger partial charge in [-0.15, -0.1) is 0 Å². The second-order valence-corrected chi connectivity index (χ2v) is 4.17. The Labute approximate surface area is 81.0 Å². The predicted octanol–water partition coefficient (Wildman–Crippen LogP) is 1.39. The first-order valence-corrected chi connectivity index (χ1v) is 5.56. The minimum absolute atomic E-state index is 0.800. The molecule has 0 aromatic rings. The molecule has 0 saturated carbocycles. The summed E-state index contributed by atoms with van der Waals surface area (Å²) in [5, 5.41) is 3.60. The zero-order valence-corrected chi connectivity index (χ0v) is 8.34. The quantitative estimate of drug-likeness (QED) is 0.660. The number of hydrogen-bond donors (Lipinski definition) is 1. The third-order valence-corrected chi connectivity index (χ3v) is 3.10. The van der Waals surface area contributed by atoms with Gasteiger partial charge < -0.3 is 5.32 Å². The normalized spacial score (nSPS) is 29.7. The summed E-state index contributed by atoms with van der Waals surface area (Å²) in [6.07, 6.45) is 10.1. The van der Waals surface area contributed by atoms with Crippen molar-refractivity contribution in [2.24, 2.45) is 0 Å². The highest BCUT2D eigenvalue weighted by molar-refractivity contribution is 4.95. The number of nitrogens with one attached hydrogen (secondary N) is 1. The van der Waals surface area contributed by atoms with Gasteiger partial charge in [-0.05, 0) is 25.8 Å². The lowest BCUT2D eigenvalue weighted by molar-refractivity contribution is 0.297. The number of hydrogen-bond acceptors (Lipinski definition) is 2. The van der Waals surface area contributed by atoms with Gasteiger partial charge in [-0.2, -0.15) is 0 Å². The van der Waals surface area contributed by atoms with E-state index in [-0.39, 0.29) is 0 Å². The van der Waals surface area contributed by atoms with Gasteiger partial charge in [-0.25, -0.2) is 0 Å². The van der Waals surface area contributed by atoms with Gasteiger partial charge in [0, 0.05) is 25.7 Å². The fraction of sp³-hybridized carbons (Fsp3) is 0.818. The molecule has 1 atom stereocenters. The van der Waals surface area contributed by atoms with Crippen LogP contribution in [-0.4, -0.2) is 37.1 Å². The molecule has 0 amide bonds. The van der Waals surface area contributed by atoms with Gasteiger partial charge in [0.1, 0.15) is 0 Å². The second-order valence-electron chi connectivity index (χ2n) is 4.17. The molecule has 0 bridgehead atoms. The van der Waals surface area contributed by atoms with Gasteiger partial charge >= 0.3 is 0 Å². The van der Waals surface area contributed by atoms with Crippen LogP contribution in [0.15, 0.2) is 12.2 Å². The maximum absolute atomic E-state index is 3.60. The average Bonchev–Trinajstić information content (AvgIpc) is 2.69. The van der Waals surface area contributed by atoms with Crippen molar-refractivity contribution >= 4 is 0 Å². The van der Waals surface area contributed by atoms with E-state index in [1.807, 2.05) is 0 Å². The fourth-order valence-electron chi connectivity index (χ4n) is 2.21. The molecule has 0 aromatic heterocycles. The molecule has 1 fully saturated rings. The Morgan fingerprint density at radius 2 is 2.08 bits per heavy atom. The summed E-state index contributed by atoms with van der Waals surface area (Å²) in [4.78, 5) is 2.51. The van der Waals surface area contributed by atoms with Crippen LogP contribution >= 0.6 is 0 Å². The lowest BCUT2D eigenvalue weighted by atomic mass is 10.0. The smallest absolute Gasteiger partial charge is 0.0166 e. The van der Waals surface area contributed by atoms with E-state index >= 15 is 0 Å². The van der Waals surface area contributed by atoms with E-state index in [9.17, 15) is 0 Å².